The number of thiophene rings is 1. The lowest BCUT2D eigenvalue weighted by Crippen LogP contribution is -2.33. The van der Waals surface area contributed by atoms with Gasteiger partial charge in [-0.3, -0.25) is 9.59 Å². The van der Waals surface area contributed by atoms with Crippen molar-refractivity contribution in [2.75, 3.05) is 13.1 Å². The van der Waals surface area contributed by atoms with Crippen LogP contribution in [0.4, 0.5) is 0 Å². The summed E-state index contributed by atoms with van der Waals surface area (Å²) in [4.78, 5) is 36.1. The second kappa shape index (κ2) is 5.44. The summed E-state index contributed by atoms with van der Waals surface area (Å²) in [5, 5.41) is 0.701. The highest BCUT2D eigenvalue weighted by Gasteiger charge is 2.34. The fourth-order valence-electron chi connectivity index (χ4n) is 3.58. The zero-order valence-corrected chi connectivity index (χ0v) is 14.3. The van der Waals surface area contributed by atoms with Crippen LogP contribution in [0.5, 0.6) is 0 Å². The number of carbonyl (C=O) groups is 1. The number of likely N-dealkylation sites (tertiary alicyclic amines) is 1. The minimum absolute atomic E-state index is 0.0161. The molecule has 1 saturated heterocycles. The highest BCUT2D eigenvalue weighted by atomic mass is 32.1. The second-order valence-corrected chi connectivity index (χ2v) is 8.11. The zero-order valence-electron chi connectivity index (χ0n) is 13.5. The lowest BCUT2D eigenvalue weighted by Gasteiger charge is -2.30. The van der Waals surface area contributed by atoms with E-state index in [2.05, 4.69) is 9.97 Å². The number of amides is 1. The first-order chi connectivity index (χ1) is 11.0. The molecule has 6 heteroatoms. The quantitative estimate of drug-likeness (QED) is 0.940. The van der Waals surface area contributed by atoms with Crippen molar-refractivity contribution in [1.82, 2.24) is 14.9 Å². The maximum absolute atomic E-state index is 12.4. The first kappa shape index (κ1) is 14.9. The molecule has 0 unspecified atom stereocenters. The van der Waals surface area contributed by atoms with Crippen LogP contribution in [0.3, 0.4) is 0 Å². The van der Waals surface area contributed by atoms with E-state index in [1.807, 2.05) is 18.7 Å². The lowest BCUT2D eigenvalue weighted by atomic mass is 9.85. The molecule has 3 heterocycles. The molecule has 2 fully saturated rings. The van der Waals surface area contributed by atoms with Gasteiger partial charge < -0.3 is 9.88 Å². The number of nitrogens with zero attached hydrogens (tertiary/aromatic N) is 2. The van der Waals surface area contributed by atoms with E-state index in [-0.39, 0.29) is 17.4 Å². The number of nitrogens with one attached hydrogen (secondary N) is 1. The molecule has 122 valence electrons. The molecular formula is C17H21N3O2S. The summed E-state index contributed by atoms with van der Waals surface area (Å²) in [5.74, 6) is 1.56. The van der Waals surface area contributed by atoms with Crippen LogP contribution < -0.4 is 5.56 Å². The van der Waals surface area contributed by atoms with Crippen LogP contribution >= 0.6 is 11.3 Å². The van der Waals surface area contributed by atoms with E-state index in [0.717, 1.165) is 21.8 Å². The third-order valence-corrected chi connectivity index (χ3v) is 6.46. The molecule has 1 N–H and O–H groups in total. The van der Waals surface area contributed by atoms with E-state index in [1.54, 1.807) is 11.3 Å². The van der Waals surface area contributed by atoms with E-state index in [9.17, 15) is 9.59 Å². The number of hydrogen-bond acceptors (Lipinski definition) is 4. The van der Waals surface area contributed by atoms with Gasteiger partial charge in [-0.1, -0.05) is 6.42 Å². The number of fused-ring (bicyclic) bond motifs is 1. The molecule has 0 radical (unpaired) electrons. The molecule has 1 atom stereocenters. The Labute approximate surface area is 138 Å². The van der Waals surface area contributed by atoms with E-state index < -0.39 is 0 Å². The largest absolute Gasteiger partial charge is 0.342 e. The molecule has 1 aliphatic carbocycles. The maximum atomic E-state index is 12.4. The predicted molar refractivity (Wildman–Crippen MR) is 91.0 cm³/mol. The SMILES string of the molecule is Cc1sc2nc([C@@H]3CC(=O)N(CC4CCC4)C3)[nH]c(=O)c2c1C. The molecular weight excluding hydrogens is 310 g/mol. The van der Waals surface area contributed by atoms with E-state index in [1.165, 1.54) is 19.3 Å². The Morgan fingerprint density at radius 3 is 2.78 bits per heavy atom. The second-order valence-electron chi connectivity index (χ2n) is 6.91. The summed E-state index contributed by atoms with van der Waals surface area (Å²) in [6.07, 6.45) is 4.23. The first-order valence-electron chi connectivity index (χ1n) is 8.30. The number of aromatic nitrogens is 2. The molecule has 1 saturated carbocycles. The number of aryl methyl sites for hydroxylation is 2. The monoisotopic (exact) mass is 331 g/mol. The van der Waals surface area contributed by atoms with Crippen molar-refractivity contribution in [2.45, 2.75) is 45.4 Å². The fourth-order valence-corrected chi connectivity index (χ4v) is 4.62. The Kier molecular flexibility index (Phi) is 3.52. The predicted octanol–water partition coefficient (Wildman–Crippen LogP) is 2.72. The third kappa shape index (κ3) is 2.49. The van der Waals surface area contributed by atoms with Crippen molar-refractivity contribution in [3.8, 4) is 0 Å². The Bertz CT molecular complexity index is 834. The summed E-state index contributed by atoms with van der Waals surface area (Å²) in [5.41, 5.74) is 0.941. The van der Waals surface area contributed by atoms with Gasteiger partial charge in [0.05, 0.1) is 5.39 Å². The molecule has 2 aliphatic rings. The van der Waals surface area contributed by atoms with E-state index in [0.29, 0.717) is 30.1 Å². The van der Waals surface area contributed by atoms with Crippen molar-refractivity contribution in [1.29, 1.82) is 0 Å². The third-order valence-electron chi connectivity index (χ3n) is 5.36. The Balaban J connectivity index is 1.62. The van der Waals surface area contributed by atoms with Gasteiger partial charge >= 0.3 is 0 Å². The number of carbonyl (C=O) groups excluding carboxylic acids is 1. The van der Waals surface area contributed by atoms with Crippen molar-refractivity contribution in [3.63, 3.8) is 0 Å². The van der Waals surface area contributed by atoms with Crippen LogP contribution in [-0.2, 0) is 4.79 Å². The molecule has 23 heavy (non-hydrogen) atoms. The van der Waals surface area contributed by atoms with Crippen LogP contribution in [0.25, 0.3) is 10.2 Å². The summed E-state index contributed by atoms with van der Waals surface area (Å²) < 4.78 is 0. The number of H-pyrrole nitrogens is 1. The molecule has 0 aromatic carbocycles. The van der Waals surface area contributed by atoms with Crippen molar-refractivity contribution >= 4 is 27.5 Å². The number of aromatic amines is 1. The molecule has 0 spiro atoms. The van der Waals surface area contributed by atoms with E-state index in [4.69, 9.17) is 0 Å². The van der Waals surface area contributed by atoms with Crippen molar-refractivity contribution in [3.05, 3.63) is 26.6 Å². The molecule has 1 aliphatic heterocycles. The highest BCUT2D eigenvalue weighted by Crippen LogP contribution is 2.33. The maximum Gasteiger partial charge on any atom is 0.259 e. The summed E-state index contributed by atoms with van der Waals surface area (Å²) in [6, 6.07) is 0. The molecule has 1 amide bonds. The van der Waals surface area contributed by atoms with Crippen LogP contribution in [0.15, 0.2) is 4.79 Å². The van der Waals surface area contributed by atoms with Gasteiger partial charge in [-0.15, -0.1) is 11.3 Å². The van der Waals surface area contributed by atoms with Gasteiger partial charge in [-0.05, 0) is 38.2 Å². The molecule has 5 nitrogen and oxygen atoms in total. The molecule has 4 rings (SSSR count). The summed E-state index contributed by atoms with van der Waals surface area (Å²) in [7, 11) is 0. The average Bonchev–Trinajstić information content (AvgIpc) is 2.96. The van der Waals surface area contributed by atoms with Crippen LogP contribution in [0.2, 0.25) is 0 Å². The Hall–Kier alpha value is -1.69. The highest BCUT2D eigenvalue weighted by molar-refractivity contribution is 7.18. The van der Waals surface area contributed by atoms with Gasteiger partial charge in [0.15, 0.2) is 0 Å². The van der Waals surface area contributed by atoms with Gasteiger partial charge in [-0.25, -0.2) is 4.98 Å². The van der Waals surface area contributed by atoms with Gasteiger partial charge in [0.25, 0.3) is 5.56 Å². The van der Waals surface area contributed by atoms with Crippen molar-refractivity contribution in [2.24, 2.45) is 5.92 Å². The topological polar surface area (TPSA) is 66.1 Å². The average molecular weight is 331 g/mol. The zero-order chi connectivity index (χ0) is 16.1. The Morgan fingerprint density at radius 2 is 2.09 bits per heavy atom. The number of rotatable bonds is 3. The smallest absolute Gasteiger partial charge is 0.259 e. The van der Waals surface area contributed by atoms with Crippen molar-refractivity contribution < 1.29 is 4.79 Å². The standard InChI is InChI=1S/C17H21N3O2S/c1-9-10(2)23-17-14(9)16(22)18-15(19-17)12-6-13(21)20(8-12)7-11-4-3-5-11/h11-12H,3-8H2,1-2H3,(H,18,19,22)/t12-/m1/s1. The summed E-state index contributed by atoms with van der Waals surface area (Å²) in [6.45, 7) is 5.54. The summed E-state index contributed by atoms with van der Waals surface area (Å²) >= 11 is 1.56. The van der Waals surface area contributed by atoms with Gasteiger partial charge in [0.2, 0.25) is 5.91 Å². The molecule has 2 aromatic heterocycles. The fraction of sp³-hybridized carbons (Fsp3) is 0.588. The Morgan fingerprint density at radius 1 is 1.30 bits per heavy atom. The molecule has 0 bridgehead atoms. The van der Waals surface area contributed by atoms with Crippen LogP contribution in [-0.4, -0.2) is 33.9 Å². The lowest BCUT2D eigenvalue weighted by molar-refractivity contribution is -0.128. The van der Waals surface area contributed by atoms with Gasteiger partial charge in [0, 0.05) is 30.3 Å². The minimum atomic E-state index is -0.0725. The van der Waals surface area contributed by atoms with E-state index >= 15 is 0 Å². The van der Waals surface area contributed by atoms with Crippen LogP contribution in [0.1, 0.15) is 47.9 Å². The van der Waals surface area contributed by atoms with Crippen LogP contribution in [0, 0.1) is 19.8 Å². The first-order valence-corrected chi connectivity index (χ1v) is 9.12. The molecule has 2 aromatic rings. The van der Waals surface area contributed by atoms with Gasteiger partial charge in [-0.2, -0.15) is 0 Å². The normalized spacial score (nSPS) is 22.1. The minimum Gasteiger partial charge on any atom is -0.342 e. The number of hydrogen-bond donors (Lipinski definition) is 1. The van der Waals surface area contributed by atoms with Gasteiger partial charge in [0.1, 0.15) is 10.7 Å².